The van der Waals surface area contributed by atoms with Crippen LogP contribution in [0.5, 0.6) is 0 Å². The van der Waals surface area contributed by atoms with E-state index in [2.05, 4.69) is 0 Å². The summed E-state index contributed by atoms with van der Waals surface area (Å²) in [6, 6.07) is 0. The zero-order chi connectivity index (χ0) is 0. The summed E-state index contributed by atoms with van der Waals surface area (Å²) in [5.41, 5.74) is 0. The van der Waals surface area contributed by atoms with E-state index in [1.807, 2.05) is 0 Å². The largest absolute Gasteiger partial charge is 5.00 e. The molecule has 0 N–H and O–H groups in total. The Morgan fingerprint density at radius 2 is 0.500 bits per heavy atom. The minimum absolute atomic E-state index is 0. The molecule has 0 aliphatic carbocycles. The quantitative estimate of drug-likeness (QED) is 0.278. The first-order valence-corrected chi connectivity index (χ1v) is 0. The zero-order valence-electron chi connectivity index (χ0n) is 4.20. The predicted molar refractivity (Wildman–Crippen MR) is 19.2 cm³/mol. The van der Waals surface area contributed by atoms with Gasteiger partial charge in [-0.3, -0.25) is 0 Å². The van der Waals surface area contributed by atoms with Crippen LogP contribution in [0.1, 0.15) is 0 Å². The smallest absolute Gasteiger partial charge is 1.00 e. The van der Waals surface area contributed by atoms with Gasteiger partial charge in [0.2, 0.25) is 0 Å². The third kappa shape index (κ3) is 57.0. The first-order valence-electron chi connectivity index (χ1n) is 0. The number of rotatable bonds is 0. The average Bonchev–Trinajstić information content (AvgIpc) is 0. The van der Waals surface area contributed by atoms with Gasteiger partial charge in [0.05, 0.1) is 0 Å². The molecular weight excluding hydrogens is 200 g/mol. The molecule has 6 heavy (non-hydrogen) atoms. The Bertz CT molecular complexity index is 8.75. The van der Waals surface area contributed by atoms with Crippen LogP contribution in [0.4, 0.5) is 0 Å². The molecule has 0 amide bonds. The summed E-state index contributed by atoms with van der Waals surface area (Å²) in [5.74, 6) is 0. The van der Waals surface area contributed by atoms with Crippen LogP contribution in [0, 0.1) is 22.3 Å². The van der Waals surface area contributed by atoms with E-state index in [1.54, 1.807) is 0 Å². The molecule has 40 valence electrons. The van der Waals surface area contributed by atoms with Gasteiger partial charge in [0.25, 0.3) is 0 Å². The van der Waals surface area contributed by atoms with Gasteiger partial charge in [-0.25, -0.2) is 0 Å². The molecule has 0 spiro atoms. The monoisotopic (exact) mass is 208 g/mol. The SMILES string of the molecule is [CH3-].[CH3-].[CH3-].[Cl-].[Cl-].[Nb+5]. The van der Waals surface area contributed by atoms with Crippen molar-refractivity contribution in [3.63, 3.8) is 0 Å². The average molecular weight is 209 g/mol. The Balaban J connectivity index is 0. The van der Waals surface area contributed by atoms with Crippen LogP contribution in [-0.4, -0.2) is 0 Å². The van der Waals surface area contributed by atoms with Gasteiger partial charge < -0.3 is 47.1 Å². The van der Waals surface area contributed by atoms with Crippen molar-refractivity contribution in [2.45, 2.75) is 0 Å². The molecule has 0 atom stereocenters. The van der Waals surface area contributed by atoms with E-state index in [0.717, 1.165) is 0 Å². The standard InChI is InChI=1S/3CH3.2ClH.Nb/h3*1H3;2*1H;/q3*-1;;;+5/p-2. The number of halogens is 2. The van der Waals surface area contributed by atoms with Crippen LogP contribution < -0.4 is 24.8 Å². The Hall–Kier alpha value is 1.32. The Morgan fingerprint density at radius 1 is 0.500 bits per heavy atom. The molecule has 3 heteroatoms. The minimum Gasteiger partial charge on any atom is -1.00 e. The molecule has 0 aromatic heterocycles. The van der Waals surface area contributed by atoms with Gasteiger partial charge in [0, 0.05) is 0 Å². The van der Waals surface area contributed by atoms with Crippen molar-refractivity contribution < 1.29 is 47.2 Å². The molecule has 0 bridgehead atoms. The van der Waals surface area contributed by atoms with Crippen LogP contribution >= 0.6 is 0 Å². The number of hydrogen-bond acceptors (Lipinski definition) is 0. The molecule has 0 heterocycles. The van der Waals surface area contributed by atoms with E-state index in [0.29, 0.717) is 0 Å². The number of hydrogen-bond donors (Lipinski definition) is 0. The van der Waals surface area contributed by atoms with Crippen LogP contribution in [0.25, 0.3) is 0 Å². The summed E-state index contributed by atoms with van der Waals surface area (Å²) in [5, 5.41) is 0. The fraction of sp³-hybridized carbons (Fsp3) is 0. The maximum absolute atomic E-state index is 0. The fourth-order valence-corrected chi connectivity index (χ4v) is 0. The normalized spacial score (nSPS) is 0. The molecule has 0 fully saturated rings. The zero-order valence-corrected chi connectivity index (χ0v) is 7.91. The Morgan fingerprint density at radius 3 is 0.500 bits per heavy atom. The molecular formula is C3H9Cl2Nb. The van der Waals surface area contributed by atoms with Crippen molar-refractivity contribution in [2.75, 3.05) is 0 Å². The Labute approximate surface area is 69.4 Å². The van der Waals surface area contributed by atoms with Crippen molar-refractivity contribution in [3.8, 4) is 0 Å². The first kappa shape index (κ1) is 168. The van der Waals surface area contributed by atoms with E-state index in [9.17, 15) is 0 Å². The molecule has 0 aromatic rings. The Kier molecular flexibility index (Phi) is 2870. The van der Waals surface area contributed by atoms with Crippen LogP contribution in [0.15, 0.2) is 0 Å². The summed E-state index contributed by atoms with van der Waals surface area (Å²) in [6.07, 6.45) is 0. The summed E-state index contributed by atoms with van der Waals surface area (Å²) in [6.45, 7) is 0. The molecule has 0 unspecified atom stereocenters. The van der Waals surface area contributed by atoms with Crippen molar-refractivity contribution in [3.05, 3.63) is 22.3 Å². The topological polar surface area (TPSA) is 0 Å². The van der Waals surface area contributed by atoms with Gasteiger partial charge in [-0.15, -0.1) is 0 Å². The minimum atomic E-state index is 0. The summed E-state index contributed by atoms with van der Waals surface area (Å²) < 4.78 is 0. The summed E-state index contributed by atoms with van der Waals surface area (Å²) in [7, 11) is 0. The van der Waals surface area contributed by atoms with E-state index in [4.69, 9.17) is 0 Å². The molecule has 0 nitrogen and oxygen atoms in total. The fourth-order valence-electron chi connectivity index (χ4n) is 0. The second-order valence-corrected chi connectivity index (χ2v) is 0. The molecule has 0 aliphatic rings. The molecule has 0 aliphatic heterocycles. The van der Waals surface area contributed by atoms with Crippen LogP contribution in [0.3, 0.4) is 0 Å². The third-order valence-corrected chi connectivity index (χ3v) is 0. The predicted octanol–water partition coefficient (Wildman–Crippen LogP) is -4.64. The van der Waals surface area contributed by atoms with Gasteiger partial charge in [-0.1, -0.05) is 0 Å². The summed E-state index contributed by atoms with van der Waals surface area (Å²) >= 11 is 0. The summed E-state index contributed by atoms with van der Waals surface area (Å²) in [4.78, 5) is 0. The second-order valence-electron chi connectivity index (χ2n) is 0. The second kappa shape index (κ2) is 103. The van der Waals surface area contributed by atoms with E-state index in [-0.39, 0.29) is 69.5 Å². The molecule has 0 rings (SSSR count). The van der Waals surface area contributed by atoms with Gasteiger partial charge in [0.1, 0.15) is 0 Å². The van der Waals surface area contributed by atoms with Crippen LogP contribution in [-0.2, 0) is 22.4 Å². The third-order valence-electron chi connectivity index (χ3n) is 0. The maximum atomic E-state index is 0. The van der Waals surface area contributed by atoms with E-state index in [1.165, 1.54) is 0 Å². The van der Waals surface area contributed by atoms with Crippen molar-refractivity contribution in [1.29, 1.82) is 0 Å². The van der Waals surface area contributed by atoms with Gasteiger partial charge in [-0.2, -0.15) is 0 Å². The van der Waals surface area contributed by atoms with E-state index >= 15 is 0 Å². The molecule has 0 aromatic carbocycles. The van der Waals surface area contributed by atoms with Crippen molar-refractivity contribution in [1.82, 2.24) is 0 Å². The van der Waals surface area contributed by atoms with Crippen LogP contribution in [0.2, 0.25) is 0 Å². The van der Waals surface area contributed by atoms with Crippen molar-refractivity contribution in [2.24, 2.45) is 0 Å². The molecule has 0 radical (unpaired) electrons. The van der Waals surface area contributed by atoms with Gasteiger partial charge in [0.15, 0.2) is 0 Å². The maximum Gasteiger partial charge on any atom is 5.00 e. The van der Waals surface area contributed by atoms with E-state index < -0.39 is 0 Å². The van der Waals surface area contributed by atoms with Gasteiger partial charge >= 0.3 is 22.4 Å². The molecule has 0 saturated carbocycles. The van der Waals surface area contributed by atoms with Gasteiger partial charge in [-0.05, 0) is 0 Å². The van der Waals surface area contributed by atoms with Crippen molar-refractivity contribution >= 4 is 0 Å². The first-order chi connectivity index (χ1) is 0. The molecule has 0 saturated heterocycles.